The number of nitrogens with one attached hydrogen (secondary N) is 1. The first-order chi connectivity index (χ1) is 17.5. The van der Waals surface area contributed by atoms with Crippen LogP contribution in [-0.2, 0) is 11.2 Å². The highest BCUT2D eigenvalue weighted by atomic mass is 16.5. The highest BCUT2D eigenvalue weighted by Gasteiger charge is 2.31. The van der Waals surface area contributed by atoms with Crippen molar-refractivity contribution in [2.45, 2.75) is 19.3 Å². The summed E-state index contributed by atoms with van der Waals surface area (Å²) in [4.78, 5) is 37.5. The number of para-hydroxylation sites is 2. The van der Waals surface area contributed by atoms with Crippen molar-refractivity contribution in [1.29, 1.82) is 0 Å². The maximum absolute atomic E-state index is 13.6. The van der Waals surface area contributed by atoms with Gasteiger partial charge in [-0.25, -0.2) is 9.78 Å². The van der Waals surface area contributed by atoms with E-state index in [4.69, 9.17) is 4.74 Å². The van der Waals surface area contributed by atoms with Crippen LogP contribution in [0.15, 0.2) is 60.7 Å². The van der Waals surface area contributed by atoms with Gasteiger partial charge in [0.05, 0.1) is 12.6 Å². The third-order valence-electron chi connectivity index (χ3n) is 6.53. The maximum atomic E-state index is 13.6. The van der Waals surface area contributed by atoms with Crippen molar-refractivity contribution in [3.8, 4) is 5.75 Å². The summed E-state index contributed by atoms with van der Waals surface area (Å²) in [5, 5.41) is 0. The third-order valence-corrected chi connectivity index (χ3v) is 6.53. The molecule has 0 bridgehead atoms. The zero-order valence-electron chi connectivity index (χ0n) is 20.6. The molecule has 182 valence electrons. The third kappa shape index (κ3) is 4.12. The summed E-state index contributed by atoms with van der Waals surface area (Å²) in [5.41, 5.74) is 5.25. The summed E-state index contributed by atoms with van der Waals surface area (Å²) >= 11 is 0. The highest BCUT2D eigenvalue weighted by molar-refractivity contribution is 5.97. The van der Waals surface area contributed by atoms with Gasteiger partial charge in [0.1, 0.15) is 11.3 Å². The molecule has 0 unspecified atom stereocenters. The lowest BCUT2D eigenvalue weighted by Gasteiger charge is -2.25. The zero-order valence-corrected chi connectivity index (χ0v) is 20.6. The first kappa shape index (κ1) is 23.3. The molecule has 1 aromatic heterocycles. The van der Waals surface area contributed by atoms with Crippen LogP contribution < -0.4 is 14.5 Å². The Morgan fingerprint density at radius 2 is 1.94 bits per heavy atom. The number of aromatic amines is 1. The van der Waals surface area contributed by atoms with E-state index in [0.717, 1.165) is 36.1 Å². The molecule has 5 rings (SSSR count). The summed E-state index contributed by atoms with van der Waals surface area (Å²) < 4.78 is 6.60. The van der Waals surface area contributed by atoms with Crippen LogP contribution in [0.1, 0.15) is 28.8 Å². The Kier molecular flexibility index (Phi) is 6.27. The van der Waals surface area contributed by atoms with Crippen molar-refractivity contribution in [2.24, 2.45) is 0 Å². The van der Waals surface area contributed by atoms with Crippen LogP contribution in [-0.4, -0.2) is 54.3 Å². The van der Waals surface area contributed by atoms with Crippen LogP contribution in [0.2, 0.25) is 0 Å². The number of rotatable bonds is 5. The largest absolute Gasteiger partial charge is 0.496 e. The lowest BCUT2D eigenvalue weighted by Crippen LogP contribution is -2.20. The summed E-state index contributed by atoms with van der Waals surface area (Å²) in [6.07, 6.45) is 5.03. The Morgan fingerprint density at radius 3 is 2.72 bits per heavy atom. The molecule has 8 nitrogen and oxygen atoms in total. The van der Waals surface area contributed by atoms with Gasteiger partial charge in [-0.3, -0.25) is 0 Å². The van der Waals surface area contributed by atoms with Gasteiger partial charge in [-0.2, -0.15) is 4.79 Å². The molecular weight excluding hydrogens is 454 g/mol. The van der Waals surface area contributed by atoms with Gasteiger partial charge in [0.15, 0.2) is 5.52 Å². The zero-order chi connectivity index (χ0) is 25.2. The van der Waals surface area contributed by atoms with Gasteiger partial charge in [0, 0.05) is 44.1 Å². The van der Waals surface area contributed by atoms with Crippen LogP contribution in [0.3, 0.4) is 0 Å². The Labute approximate surface area is 209 Å². The number of hydrogen-bond donors (Lipinski definition) is 1. The molecule has 1 aliphatic heterocycles. The minimum Gasteiger partial charge on any atom is -0.496 e. The number of hydrogen-bond acceptors (Lipinski definition) is 6. The van der Waals surface area contributed by atoms with E-state index in [1.54, 1.807) is 24.3 Å². The fraction of sp³-hybridized carbons (Fsp3) is 0.250. The van der Waals surface area contributed by atoms with Gasteiger partial charge >= 0.3 is 12.0 Å². The number of H-pyrrole nitrogens is 1. The van der Waals surface area contributed by atoms with E-state index in [0.29, 0.717) is 28.4 Å². The van der Waals surface area contributed by atoms with Crippen LogP contribution in [0.25, 0.3) is 11.0 Å². The van der Waals surface area contributed by atoms with Crippen molar-refractivity contribution in [1.82, 2.24) is 9.97 Å². The predicted molar refractivity (Wildman–Crippen MR) is 140 cm³/mol. The Balaban J connectivity index is 1.54. The molecule has 0 atom stereocenters. The van der Waals surface area contributed by atoms with Crippen molar-refractivity contribution >= 4 is 46.0 Å². The summed E-state index contributed by atoms with van der Waals surface area (Å²) in [5.74, 6) is 0.477. The van der Waals surface area contributed by atoms with E-state index in [1.807, 2.05) is 43.3 Å². The quantitative estimate of drug-likeness (QED) is 0.247. The van der Waals surface area contributed by atoms with Gasteiger partial charge in [0.2, 0.25) is 5.95 Å². The van der Waals surface area contributed by atoms with Gasteiger partial charge in [0.25, 0.3) is 5.69 Å². The average molecular weight is 483 g/mol. The molecule has 0 aliphatic carbocycles. The number of amides is 1. The van der Waals surface area contributed by atoms with Gasteiger partial charge in [-0.05, 0) is 53.7 Å². The molecule has 2 heterocycles. The number of isocyanates is 1. The molecule has 36 heavy (non-hydrogen) atoms. The van der Waals surface area contributed by atoms with Crippen LogP contribution in [0, 0.1) is 0 Å². The van der Waals surface area contributed by atoms with Crippen LogP contribution in [0.5, 0.6) is 5.75 Å². The summed E-state index contributed by atoms with van der Waals surface area (Å²) in [7, 11) is 5.25. The standard InChI is InChI=1S/C28H28N5O3/c1-31(2)28-29-22-11-8-13-24(26(22)30-28)33(18-34)27(35)21-15-14-20(17-25(21)36-3)32-16-7-6-10-19-9-4-5-12-23(19)32/h4-5,8-9,11-15,17H,6-7,10,16H2,1-3H3,(H,29,30)/q+1. The molecule has 8 heteroatoms. The monoisotopic (exact) mass is 482 g/mol. The van der Waals surface area contributed by atoms with Crippen LogP contribution in [0.4, 0.5) is 23.0 Å². The number of anilines is 3. The van der Waals surface area contributed by atoms with Crippen molar-refractivity contribution < 1.29 is 18.9 Å². The van der Waals surface area contributed by atoms with E-state index >= 15 is 0 Å². The second kappa shape index (κ2) is 9.68. The molecule has 3 aromatic carbocycles. The average Bonchev–Trinajstić information content (AvgIpc) is 3.24. The molecule has 0 saturated carbocycles. The fourth-order valence-corrected chi connectivity index (χ4v) is 4.70. The fourth-order valence-electron chi connectivity index (χ4n) is 4.70. The lowest BCUT2D eigenvalue weighted by molar-refractivity contribution is -0.330. The second-order valence-corrected chi connectivity index (χ2v) is 8.98. The van der Waals surface area contributed by atoms with E-state index in [9.17, 15) is 9.59 Å². The molecule has 0 fully saturated rings. The molecule has 1 aliphatic rings. The smallest absolute Gasteiger partial charge is 0.440 e. The predicted octanol–water partition coefficient (Wildman–Crippen LogP) is 4.93. The second-order valence-electron chi connectivity index (χ2n) is 8.98. The minimum absolute atomic E-state index is 0.271. The number of ether oxygens (including phenoxy) is 1. The molecule has 0 radical (unpaired) electrons. The van der Waals surface area contributed by atoms with E-state index in [2.05, 4.69) is 33.1 Å². The Hall–Kier alpha value is -4.42. The van der Waals surface area contributed by atoms with Gasteiger partial charge in [-0.15, -0.1) is 0 Å². The van der Waals surface area contributed by atoms with Gasteiger partial charge < -0.3 is 19.5 Å². The normalized spacial score (nSPS) is 13.0. The number of carbonyl (C=O) groups excluding carboxylic acids is 2. The first-order valence-corrected chi connectivity index (χ1v) is 11.9. The summed E-state index contributed by atoms with van der Waals surface area (Å²) in [6.45, 7) is 0.872. The number of aryl methyl sites for hydroxylation is 1. The van der Waals surface area contributed by atoms with E-state index in [1.165, 1.54) is 18.4 Å². The van der Waals surface area contributed by atoms with Crippen molar-refractivity contribution in [3.63, 3.8) is 0 Å². The number of carbonyl (C=O) groups is 1. The molecule has 1 N–H and O–H groups in total. The minimum atomic E-state index is -0.536. The number of imidazole rings is 1. The summed E-state index contributed by atoms with van der Waals surface area (Å²) in [6, 6.07) is 19.2. The first-order valence-electron chi connectivity index (χ1n) is 11.9. The number of aromatic nitrogens is 2. The number of nitrogens with zero attached hydrogens (tertiary/aromatic N) is 4. The molecule has 0 saturated heterocycles. The van der Waals surface area contributed by atoms with Gasteiger partial charge in [-0.1, -0.05) is 24.3 Å². The maximum Gasteiger partial charge on any atom is 0.440 e. The van der Waals surface area contributed by atoms with Crippen LogP contribution >= 0.6 is 0 Å². The molecule has 4 aromatic rings. The topological polar surface area (TPSA) is 81.5 Å². The number of benzene rings is 3. The molecular formula is C28H28N5O3+. The lowest BCUT2D eigenvalue weighted by atomic mass is 10.1. The van der Waals surface area contributed by atoms with Crippen molar-refractivity contribution in [2.75, 3.05) is 37.5 Å². The SMILES string of the molecule is COc1cc(N2CCCCc3ccccc32)ccc1C(=O)[N+](=C=O)c1cccc2[nH]c(N(C)C)nc12. The Bertz CT molecular complexity index is 1500. The number of methoxy groups -OCH3 is 1. The van der Waals surface area contributed by atoms with Crippen molar-refractivity contribution in [3.05, 3.63) is 71.8 Å². The highest BCUT2D eigenvalue weighted by Crippen LogP contribution is 2.36. The molecule has 0 spiro atoms. The van der Waals surface area contributed by atoms with E-state index < -0.39 is 5.91 Å². The van der Waals surface area contributed by atoms with E-state index in [-0.39, 0.29) is 5.56 Å². The number of fused-ring (bicyclic) bond motifs is 2. The Morgan fingerprint density at radius 1 is 1.11 bits per heavy atom. The molecule has 1 amide bonds.